The van der Waals surface area contributed by atoms with Crippen LogP contribution in [0.4, 0.5) is 17.3 Å². The van der Waals surface area contributed by atoms with E-state index >= 15 is 0 Å². The van der Waals surface area contributed by atoms with E-state index in [-0.39, 0.29) is 30.5 Å². The Kier molecular flexibility index (Phi) is 6.02. The van der Waals surface area contributed by atoms with Gasteiger partial charge in [0.1, 0.15) is 6.33 Å². The zero-order valence-corrected chi connectivity index (χ0v) is 13.8. The van der Waals surface area contributed by atoms with Crippen LogP contribution >= 0.6 is 0 Å². The first-order valence-electron chi connectivity index (χ1n) is 7.71. The molecule has 0 spiro atoms. The summed E-state index contributed by atoms with van der Waals surface area (Å²) in [7, 11) is 0. The van der Waals surface area contributed by atoms with Crippen molar-refractivity contribution < 1.29 is 10.0 Å². The average molecular weight is 331 g/mol. The van der Waals surface area contributed by atoms with Crippen molar-refractivity contribution in [1.29, 1.82) is 0 Å². The Morgan fingerprint density at radius 2 is 2.00 bits per heavy atom. The molecular formula is C16H21N5O3. The molecule has 128 valence electrons. The number of aryl methyl sites for hydroxylation is 1. The molecule has 0 atom stereocenters. The fraction of sp³-hybridized carbons (Fsp3) is 0.375. The summed E-state index contributed by atoms with van der Waals surface area (Å²) in [5, 5.41) is 23.7. The molecule has 8 nitrogen and oxygen atoms in total. The number of likely N-dealkylation sites (N-methyl/N-ethyl adjacent to an activating group) is 1. The zero-order valence-electron chi connectivity index (χ0n) is 13.8. The monoisotopic (exact) mass is 331 g/mol. The number of aromatic nitrogens is 2. The lowest BCUT2D eigenvalue weighted by atomic mass is 10.1. The van der Waals surface area contributed by atoms with E-state index in [0.29, 0.717) is 13.1 Å². The zero-order chi connectivity index (χ0) is 17.5. The lowest BCUT2D eigenvalue weighted by Crippen LogP contribution is -2.28. The van der Waals surface area contributed by atoms with Gasteiger partial charge in [-0.05, 0) is 19.4 Å². The lowest BCUT2D eigenvalue weighted by Gasteiger charge is -2.20. The van der Waals surface area contributed by atoms with Crippen LogP contribution in [0, 0.1) is 17.0 Å². The van der Waals surface area contributed by atoms with Crippen molar-refractivity contribution in [3.63, 3.8) is 0 Å². The highest BCUT2D eigenvalue weighted by Crippen LogP contribution is 2.31. The molecular weight excluding hydrogens is 310 g/mol. The van der Waals surface area contributed by atoms with Crippen molar-refractivity contribution >= 4 is 17.3 Å². The predicted molar refractivity (Wildman–Crippen MR) is 92.2 cm³/mol. The van der Waals surface area contributed by atoms with Crippen LogP contribution in [0.15, 0.2) is 30.6 Å². The summed E-state index contributed by atoms with van der Waals surface area (Å²) in [4.78, 5) is 20.7. The third-order valence-electron chi connectivity index (χ3n) is 3.62. The molecule has 0 saturated heterocycles. The number of nitrogens with one attached hydrogen (secondary N) is 1. The first-order valence-corrected chi connectivity index (χ1v) is 7.71. The van der Waals surface area contributed by atoms with Crippen molar-refractivity contribution in [2.24, 2.45) is 0 Å². The minimum absolute atomic E-state index is 0.110. The van der Waals surface area contributed by atoms with Crippen LogP contribution in [0.25, 0.3) is 0 Å². The van der Waals surface area contributed by atoms with Gasteiger partial charge in [-0.15, -0.1) is 0 Å². The SMILES string of the molecule is CCN(CCO)c1ncnc(NCc2ccc(C)cc2)c1[N+](=O)[O-]. The molecule has 0 saturated carbocycles. The molecule has 0 bridgehead atoms. The Hall–Kier alpha value is -2.74. The Balaban J connectivity index is 2.28. The Labute approximate surface area is 140 Å². The normalized spacial score (nSPS) is 10.5. The summed E-state index contributed by atoms with van der Waals surface area (Å²) >= 11 is 0. The van der Waals surface area contributed by atoms with E-state index in [9.17, 15) is 10.1 Å². The number of aliphatic hydroxyl groups excluding tert-OH is 1. The molecule has 24 heavy (non-hydrogen) atoms. The molecule has 1 aromatic heterocycles. The third kappa shape index (κ3) is 4.17. The van der Waals surface area contributed by atoms with Crippen molar-refractivity contribution in [2.45, 2.75) is 20.4 Å². The molecule has 1 aromatic carbocycles. The number of hydrogen-bond acceptors (Lipinski definition) is 7. The van der Waals surface area contributed by atoms with Crippen molar-refractivity contribution in [1.82, 2.24) is 9.97 Å². The summed E-state index contributed by atoms with van der Waals surface area (Å²) in [6.07, 6.45) is 1.29. The van der Waals surface area contributed by atoms with Gasteiger partial charge in [0.05, 0.1) is 11.5 Å². The van der Waals surface area contributed by atoms with Gasteiger partial charge in [0.2, 0.25) is 11.6 Å². The third-order valence-corrected chi connectivity index (χ3v) is 3.62. The number of anilines is 2. The second kappa shape index (κ2) is 8.21. The highest BCUT2D eigenvalue weighted by molar-refractivity contribution is 5.70. The van der Waals surface area contributed by atoms with Gasteiger partial charge in [0.15, 0.2) is 0 Å². The van der Waals surface area contributed by atoms with Crippen LogP contribution < -0.4 is 10.2 Å². The number of hydrogen-bond donors (Lipinski definition) is 2. The molecule has 2 aromatic rings. The molecule has 1 heterocycles. The number of aliphatic hydroxyl groups is 1. The van der Waals surface area contributed by atoms with Gasteiger partial charge in [0, 0.05) is 19.6 Å². The van der Waals surface area contributed by atoms with Crippen LogP contribution in [0.2, 0.25) is 0 Å². The van der Waals surface area contributed by atoms with E-state index in [1.165, 1.54) is 6.33 Å². The van der Waals surface area contributed by atoms with Gasteiger partial charge < -0.3 is 15.3 Å². The van der Waals surface area contributed by atoms with Gasteiger partial charge in [-0.1, -0.05) is 29.8 Å². The average Bonchev–Trinajstić information content (AvgIpc) is 2.58. The number of nitro groups is 1. The van der Waals surface area contributed by atoms with Crippen LogP contribution in [0.1, 0.15) is 18.1 Å². The predicted octanol–water partition coefficient (Wildman–Crippen LogP) is 2.12. The minimum atomic E-state index is -0.493. The summed E-state index contributed by atoms with van der Waals surface area (Å²) in [5.74, 6) is 0.375. The van der Waals surface area contributed by atoms with E-state index in [1.54, 1.807) is 4.90 Å². The standard InChI is InChI=1S/C16H21N5O3/c1-3-20(8-9-22)16-14(21(23)24)15(18-11-19-16)17-10-13-6-4-12(2)5-7-13/h4-7,11,22H,3,8-10H2,1-2H3,(H,17,18,19). The largest absolute Gasteiger partial charge is 0.395 e. The molecule has 0 aliphatic carbocycles. The lowest BCUT2D eigenvalue weighted by molar-refractivity contribution is -0.383. The maximum atomic E-state index is 11.5. The molecule has 0 amide bonds. The number of benzene rings is 1. The maximum absolute atomic E-state index is 11.5. The number of nitrogens with zero attached hydrogens (tertiary/aromatic N) is 4. The van der Waals surface area contributed by atoms with Gasteiger partial charge >= 0.3 is 5.69 Å². The molecule has 8 heteroatoms. The Morgan fingerprint density at radius 1 is 1.29 bits per heavy atom. The van der Waals surface area contributed by atoms with Gasteiger partial charge in [-0.25, -0.2) is 9.97 Å². The molecule has 0 unspecified atom stereocenters. The van der Waals surface area contributed by atoms with E-state index < -0.39 is 4.92 Å². The number of rotatable bonds is 8. The van der Waals surface area contributed by atoms with Crippen molar-refractivity contribution in [3.05, 3.63) is 51.8 Å². The summed E-state index contributed by atoms with van der Waals surface area (Å²) < 4.78 is 0. The van der Waals surface area contributed by atoms with Gasteiger partial charge in [-0.2, -0.15) is 0 Å². The quantitative estimate of drug-likeness (QED) is 0.564. The highest BCUT2D eigenvalue weighted by Gasteiger charge is 2.26. The van der Waals surface area contributed by atoms with E-state index in [4.69, 9.17) is 5.11 Å². The Morgan fingerprint density at radius 3 is 2.58 bits per heavy atom. The van der Waals surface area contributed by atoms with Gasteiger partial charge in [-0.3, -0.25) is 10.1 Å². The molecule has 0 radical (unpaired) electrons. The van der Waals surface area contributed by atoms with Crippen LogP contribution in [-0.2, 0) is 6.54 Å². The molecule has 0 fully saturated rings. The topological polar surface area (TPSA) is 104 Å². The molecule has 2 rings (SSSR count). The summed E-state index contributed by atoms with van der Waals surface area (Å²) in [5.41, 5.74) is 1.97. The van der Waals surface area contributed by atoms with Crippen LogP contribution in [0.5, 0.6) is 0 Å². The highest BCUT2D eigenvalue weighted by atomic mass is 16.6. The second-order valence-electron chi connectivity index (χ2n) is 5.29. The van der Waals surface area contributed by atoms with E-state index in [1.807, 2.05) is 38.1 Å². The van der Waals surface area contributed by atoms with Crippen molar-refractivity contribution in [3.8, 4) is 0 Å². The fourth-order valence-electron chi connectivity index (χ4n) is 2.32. The molecule has 0 aliphatic rings. The smallest absolute Gasteiger partial charge is 0.353 e. The van der Waals surface area contributed by atoms with Crippen LogP contribution in [0.3, 0.4) is 0 Å². The molecule has 0 aliphatic heterocycles. The van der Waals surface area contributed by atoms with Crippen molar-refractivity contribution in [2.75, 3.05) is 29.9 Å². The Bertz CT molecular complexity index is 691. The summed E-state index contributed by atoms with van der Waals surface area (Å²) in [6.45, 7) is 4.92. The maximum Gasteiger partial charge on any atom is 0.353 e. The van der Waals surface area contributed by atoms with E-state index in [2.05, 4.69) is 15.3 Å². The minimum Gasteiger partial charge on any atom is -0.395 e. The first-order chi connectivity index (χ1) is 11.6. The molecule has 2 N–H and O–H groups in total. The summed E-state index contributed by atoms with van der Waals surface area (Å²) in [6, 6.07) is 7.88. The van der Waals surface area contributed by atoms with Gasteiger partial charge in [0.25, 0.3) is 0 Å². The first kappa shape index (κ1) is 17.6. The van der Waals surface area contributed by atoms with Crippen LogP contribution in [-0.4, -0.2) is 39.7 Å². The van der Waals surface area contributed by atoms with E-state index in [0.717, 1.165) is 11.1 Å². The fourth-order valence-corrected chi connectivity index (χ4v) is 2.32. The second-order valence-corrected chi connectivity index (χ2v) is 5.29.